The maximum atomic E-state index is 11.9. The smallest absolute Gasteiger partial charge is 0.341 e. The Balaban J connectivity index is 0.00000364. The fourth-order valence-corrected chi connectivity index (χ4v) is 2.42. The second kappa shape index (κ2) is 12.2. The Morgan fingerprint density at radius 2 is 1.78 bits per heavy atom. The summed E-state index contributed by atoms with van der Waals surface area (Å²) in [6.07, 6.45) is 0. The van der Waals surface area contributed by atoms with Crippen LogP contribution in [0.3, 0.4) is 0 Å². The first-order valence-electron chi connectivity index (χ1n) is 8.49. The molecule has 0 radical (unpaired) electrons. The molecule has 0 heterocycles. The standard InChI is InChI=1S/C20H25N3O3.HI/c1-4-21-20(22-13-15-8-6-5-7-9-15)23-14-16-10-11-18(25-2)17(12-16)19(24)26-3;/h5-12H,4,13-14H2,1-3H3,(H2,21,22,23);1H. The number of guanidine groups is 1. The molecule has 0 spiro atoms. The van der Waals surface area contributed by atoms with E-state index in [4.69, 9.17) is 9.47 Å². The van der Waals surface area contributed by atoms with Crippen LogP contribution in [0.2, 0.25) is 0 Å². The largest absolute Gasteiger partial charge is 0.496 e. The number of esters is 1. The number of aliphatic imine (C=N–C) groups is 1. The molecule has 0 saturated carbocycles. The number of rotatable bonds is 7. The Morgan fingerprint density at radius 3 is 2.41 bits per heavy atom. The van der Waals surface area contributed by atoms with Crippen molar-refractivity contribution >= 4 is 35.9 Å². The molecule has 0 aliphatic carbocycles. The molecule has 2 aromatic carbocycles. The molecule has 0 aromatic heterocycles. The van der Waals surface area contributed by atoms with Crippen molar-refractivity contribution in [2.75, 3.05) is 20.8 Å². The van der Waals surface area contributed by atoms with Crippen molar-refractivity contribution in [2.45, 2.75) is 20.0 Å². The second-order valence-electron chi connectivity index (χ2n) is 5.56. The van der Waals surface area contributed by atoms with Gasteiger partial charge in [0.1, 0.15) is 11.3 Å². The van der Waals surface area contributed by atoms with Gasteiger partial charge in [0.2, 0.25) is 0 Å². The van der Waals surface area contributed by atoms with Crippen LogP contribution in [-0.4, -0.2) is 32.7 Å². The fraction of sp³-hybridized carbons (Fsp3) is 0.300. The average Bonchev–Trinajstić information content (AvgIpc) is 2.70. The SMILES string of the molecule is CCNC(=NCc1ccc(OC)c(C(=O)OC)c1)NCc1ccccc1.I. The van der Waals surface area contributed by atoms with Gasteiger partial charge in [0.05, 0.1) is 20.8 Å². The number of carbonyl (C=O) groups excluding carboxylic acids is 1. The van der Waals surface area contributed by atoms with Crippen molar-refractivity contribution in [3.63, 3.8) is 0 Å². The maximum Gasteiger partial charge on any atom is 0.341 e. The number of hydrogen-bond acceptors (Lipinski definition) is 4. The van der Waals surface area contributed by atoms with Crippen LogP contribution in [0.1, 0.15) is 28.4 Å². The summed E-state index contributed by atoms with van der Waals surface area (Å²) in [5, 5.41) is 6.52. The summed E-state index contributed by atoms with van der Waals surface area (Å²) >= 11 is 0. The van der Waals surface area contributed by atoms with E-state index in [-0.39, 0.29) is 24.0 Å². The molecule has 27 heavy (non-hydrogen) atoms. The van der Waals surface area contributed by atoms with Gasteiger partial charge in [0.25, 0.3) is 0 Å². The summed E-state index contributed by atoms with van der Waals surface area (Å²) in [4.78, 5) is 16.5. The van der Waals surface area contributed by atoms with Gasteiger partial charge >= 0.3 is 5.97 Å². The molecular weight excluding hydrogens is 457 g/mol. The zero-order valence-electron chi connectivity index (χ0n) is 15.8. The van der Waals surface area contributed by atoms with Crippen molar-refractivity contribution in [3.05, 3.63) is 65.2 Å². The average molecular weight is 483 g/mol. The van der Waals surface area contributed by atoms with Crippen LogP contribution in [0.25, 0.3) is 0 Å². The van der Waals surface area contributed by atoms with Gasteiger partial charge in [-0.25, -0.2) is 9.79 Å². The molecule has 0 bridgehead atoms. The highest BCUT2D eigenvalue weighted by atomic mass is 127. The van der Waals surface area contributed by atoms with Crippen molar-refractivity contribution in [1.29, 1.82) is 0 Å². The third-order valence-corrected chi connectivity index (χ3v) is 3.74. The van der Waals surface area contributed by atoms with Gasteiger partial charge in [-0.1, -0.05) is 36.4 Å². The summed E-state index contributed by atoms with van der Waals surface area (Å²) in [5.74, 6) is 0.771. The van der Waals surface area contributed by atoms with Crippen LogP contribution in [-0.2, 0) is 17.8 Å². The van der Waals surface area contributed by atoms with Crippen molar-refractivity contribution < 1.29 is 14.3 Å². The summed E-state index contributed by atoms with van der Waals surface area (Å²) in [7, 11) is 2.87. The molecule has 0 aliphatic heterocycles. The topological polar surface area (TPSA) is 72.0 Å². The van der Waals surface area contributed by atoms with E-state index < -0.39 is 5.97 Å². The number of ether oxygens (including phenoxy) is 2. The van der Waals surface area contributed by atoms with Gasteiger partial charge in [-0.2, -0.15) is 0 Å². The van der Waals surface area contributed by atoms with E-state index >= 15 is 0 Å². The number of nitrogens with one attached hydrogen (secondary N) is 2. The molecule has 146 valence electrons. The van der Waals surface area contributed by atoms with E-state index in [1.54, 1.807) is 12.1 Å². The lowest BCUT2D eigenvalue weighted by molar-refractivity contribution is 0.0597. The monoisotopic (exact) mass is 483 g/mol. The van der Waals surface area contributed by atoms with Crippen LogP contribution in [0.5, 0.6) is 5.75 Å². The molecule has 0 aliphatic rings. The number of nitrogens with zero attached hydrogens (tertiary/aromatic N) is 1. The third-order valence-electron chi connectivity index (χ3n) is 3.74. The van der Waals surface area contributed by atoms with E-state index in [9.17, 15) is 4.79 Å². The maximum absolute atomic E-state index is 11.9. The van der Waals surface area contributed by atoms with Crippen molar-refractivity contribution in [1.82, 2.24) is 10.6 Å². The third kappa shape index (κ3) is 7.09. The molecule has 0 unspecified atom stereocenters. The van der Waals surface area contributed by atoms with Gasteiger partial charge in [0.15, 0.2) is 5.96 Å². The fourth-order valence-electron chi connectivity index (χ4n) is 2.42. The molecular formula is C20H26IN3O3. The van der Waals surface area contributed by atoms with E-state index in [1.165, 1.54) is 19.8 Å². The Morgan fingerprint density at radius 1 is 1.04 bits per heavy atom. The first-order valence-corrected chi connectivity index (χ1v) is 8.49. The van der Waals surface area contributed by atoms with Gasteiger partial charge in [0, 0.05) is 13.1 Å². The highest BCUT2D eigenvalue weighted by Crippen LogP contribution is 2.21. The van der Waals surface area contributed by atoms with Gasteiger partial charge in [-0.15, -0.1) is 24.0 Å². The summed E-state index contributed by atoms with van der Waals surface area (Å²) in [5.41, 5.74) is 2.46. The van der Waals surface area contributed by atoms with E-state index in [2.05, 4.69) is 27.8 Å². The first kappa shape index (κ1) is 22.8. The summed E-state index contributed by atoms with van der Waals surface area (Å²) in [6, 6.07) is 15.5. The molecule has 2 aromatic rings. The molecule has 7 heteroatoms. The van der Waals surface area contributed by atoms with Crippen LogP contribution < -0.4 is 15.4 Å². The summed E-state index contributed by atoms with van der Waals surface area (Å²) in [6.45, 7) is 3.89. The van der Waals surface area contributed by atoms with Gasteiger partial charge in [-0.3, -0.25) is 0 Å². The quantitative estimate of drug-likeness (QED) is 0.274. The van der Waals surface area contributed by atoms with Crippen LogP contribution in [0.15, 0.2) is 53.5 Å². The van der Waals surface area contributed by atoms with Crippen molar-refractivity contribution in [2.24, 2.45) is 4.99 Å². The Hall–Kier alpha value is -2.29. The Kier molecular flexibility index (Phi) is 10.2. The van der Waals surface area contributed by atoms with Crippen molar-refractivity contribution in [3.8, 4) is 5.75 Å². The van der Waals surface area contributed by atoms with Crippen LogP contribution in [0.4, 0.5) is 0 Å². The highest BCUT2D eigenvalue weighted by Gasteiger charge is 2.13. The minimum Gasteiger partial charge on any atom is -0.496 e. The molecule has 0 amide bonds. The highest BCUT2D eigenvalue weighted by molar-refractivity contribution is 14.0. The van der Waals surface area contributed by atoms with Crippen LogP contribution in [0, 0.1) is 0 Å². The number of halogens is 1. The van der Waals surface area contributed by atoms with E-state index in [0.717, 1.165) is 12.1 Å². The van der Waals surface area contributed by atoms with E-state index in [0.29, 0.717) is 30.4 Å². The predicted molar refractivity (Wildman–Crippen MR) is 118 cm³/mol. The zero-order chi connectivity index (χ0) is 18.8. The number of carbonyl (C=O) groups is 1. The molecule has 2 rings (SSSR count). The minimum absolute atomic E-state index is 0. The first-order chi connectivity index (χ1) is 12.7. The normalized spacial score (nSPS) is 10.6. The molecule has 0 saturated heterocycles. The molecule has 2 N–H and O–H groups in total. The number of methoxy groups -OCH3 is 2. The lowest BCUT2D eigenvalue weighted by atomic mass is 10.1. The zero-order valence-corrected chi connectivity index (χ0v) is 18.2. The lowest BCUT2D eigenvalue weighted by Crippen LogP contribution is -2.36. The second-order valence-corrected chi connectivity index (χ2v) is 5.56. The predicted octanol–water partition coefficient (Wildman–Crippen LogP) is 3.36. The number of hydrogen-bond donors (Lipinski definition) is 2. The van der Waals surface area contributed by atoms with Gasteiger partial charge < -0.3 is 20.1 Å². The van der Waals surface area contributed by atoms with Gasteiger partial charge in [-0.05, 0) is 30.2 Å². The van der Waals surface area contributed by atoms with Crippen LogP contribution >= 0.6 is 24.0 Å². The molecule has 0 atom stereocenters. The summed E-state index contributed by atoms with van der Waals surface area (Å²) < 4.78 is 10.0. The Bertz CT molecular complexity index is 751. The Labute approximate surface area is 177 Å². The van der Waals surface area contributed by atoms with E-state index in [1.807, 2.05) is 31.2 Å². The molecule has 0 fully saturated rings. The minimum atomic E-state index is -0.429. The lowest BCUT2D eigenvalue weighted by Gasteiger charge is -2.12. The molecule has 6 nitrogen and oxygen atoms in total. The number of benzene rings is 2.